The van der Waals surface area contributed by atoms with Gasteiger partial charge in [0.2, 0.25) is 0 Å². The molecule has 5 nitrogen and oxygen atoms in total. The second kappa shape index (κ2) is 8.27. The standard InChI is InChI=1S/C22H21N3O2/c1-15-7-5-11-20(16(15)2)25-22(27)18-9-6-8-17(13-18)21(26)24-14-19-10-3-4-12-23-19/h3-13H,14H2,1-2H3,(H,24,26)(H,25,27). The Kier molecular flexibility index (Phi) is 5.61. The molecule has 5 heteroatoms. The van der Waals surface area contributed by atoms with Gasteiger partial charge in [0.25, 0.3) is 11.8 Å². The van der Waals surface area contributed by atoms with E-state index in [-0.39, 0.29) is 11.8 Å². The maximum atomic E-state index is 12.6. The van der Waals surface area contributed by atoms with E-state index in [4.69, 9.17) is 0 Å². The molecule has 3 rings (SSSR count). The Balaban J connectivity index is 1.70. The van der Waals surface area contributed by atoms with Crippen LogP contribution in [-0.4, -0.2) is 16.8 Å². The third-order valence-corrected chi connectivity index (χ3v) is 4.40. The van der Waals surface area contributed by atoms with Gasteiger partial charge in [0.05, 0.1) is 12.2 Å². The van der Waals surface area contributed by atoms with Crippen LogP contribution in [-0.2, 0) is 6.54 Å². The van der Waals surface area contributed by atoms with Crippen LogP contribution in [0.3, 0.4) is 0 Å². The molecule has 3 aromatic rings. The van der Waals surface area contributed by atoms with Crippen molar-refractivity contribution in [3.8, 4) is 0 Å². The van der Waals surface area contributed by atoms with Crippen LogP contribution in [0.15, 0.2) is 66.9 Å². The Bertz CT molecular complexity index is 968. The molecule has 0 aliphatic rings. The summed E-state index contributed by atoms with van der Waals surface area (Å²) in [5, 5.41) is 5.73. The van der Waals surface area contributed by atoms with E-state index in [0.717, 1.165) is 22.5 Å². The quantitative estimate of drug-likeness (QED) is 0.726. The van der Waals surface area contributed by atoms with E-state index < -0.39 is 0 Å². The fraction of sp³-hybridized carbons (Fsp3) is 0.136. The highest BCUT2D eigenvalue weighted by atomic mass is 16.2. The lowest BCUT2D eigenvalue weighted by Gasteiger charge is -2.11. The molecule has 0 saturated heterocycles. The lowest BCUT2D eigenvalue weighted by atomic mass is 10.1. The third-order valence-electron chi connectivity index (χ3n) is 4.40. The van der Waals surface area contributed by atoms with Crippen molar-refractivity contribution in [2.75, 3.05) is 5.32 Å². The summed E-state index contributed by atoms with van der Waals surface area (Å²) in [5.74, 6) is -0.495. The topological polar surface area (TPSA) is 71.1 Å². The summed E-state index contributed by atoms with van der Waals surface area (Å²) in [6, 6.07) is 18.0. The molecule has 0 saturated carbocycles. The summed E-state index contributed by atoms with van der Waals surface area (Å²) in [7, 11) is 0. The van der Waals surface area contributed by atoms with E-state index in [1.54, 1.807) is 30.5 Å². The molecule has 0 radical (unpaired) electrons. The third kappa shape index (κ3) is 4.58. The molecule has 0 unspecified atom stereocenters. The van der Waals surface area contributed by atoms with E-state index >= 15 is 0 Å². The number of carbonyl (C=O) groups is 2. The summed E-state index contributed by atoms with van der Waals surface area (Å²) >= 11 is 0. The fourth-order valence-corrected chi connectivity index (χ4v) is 2.66. The molecule has 136 valence electrons. The van der Waals surface area contributed by atoms with Gasteiger partial charge >= 0.3 is 0 Å². The second-order valence-corrected chi connectivity index (χ2v) is 6.29. The first kappa shape index (κ1) is 18.3. The molecule has 2 aromatic carbocycles. The lowest BCUT2D eigenvalue weighted by Crippen LogP contribution is -2.23. The summed E-state index contributed by atoms with van der Waals surface area (Å²) < 4.78 is 0. The van der Waals surface area contributed by atoms with Crippen LogP contribution in [0.1, 0.15) is 37.5 Å². The molecule has 0 fully saturated rings. The Hall–Kier alpha value is -3.47. The number of nitrogens with zero attached hydrogens (tertiary/aromatic N) is 1. The Morgan fingerprint density at radius 1 is 0.889 bits per heavy atom. The second-order valence-electron chi connectivity index (χ2n) is 6.29. The number of rotatable bonds is 5. The van der Waals surface area contributed by atoms with Gasteiger partial charge in [-0.2, -0.15) is 0 Å². The normalized spacial score (nSPS) is 10.3. The highest BCUT2D eigenvalue weighted by Gasteiger charge is 2.12. The van der Waals surface area contributed by atoms with Crippen molar-refractivity contribution in [2.45, 2.75) is 20.4 Å². The molecule has 0 spiro atoms. The summed E-state index contributed by atoms with van der Waals surface area (Å²) in [6.45, 7) is 4.29. The van der Waals surface area contributed by atoms with Crippen molar-refractivity contribution in [1.29, 1.82) is 0 Å². The lowest BCUT2D eigenvalue weighted by molar-refractivity contribution is 0.0950. The number of hydrogen-bond acceptors (Lipinski definition) is 3. The minimum Gasteiger partial charge on any atom is -0.346 e. The molecule has 2 N–H and O–H groups in total. The van der Waals surface area contributed by atoms with Crippen LogP contribution in [0.25, 0.3) is 0 Å². The van der Waals surface area contributed by atoms with Gasteiger partial charge in [-0.25, -0.2) is 0 Å². The zero-order valence-corrected chi connectivity index (χ0v) is 15.3. The summed E-state index contributed by atoms with van der Waals surface area (Å²) in [5.41, 5.74) is 4.53. The molecule has 0 bridgehead atoms. The number of amides is 2. The molecule has 27 heavy (non-hydrogen) atoms. The molecule has 2 amide bonds. The first-order chi connectivity index (χ1) is 13.0. The minimum atomic E-state index is -0.248. The maximum absolute atomic E-state index is 12.6. The van der Waals surface area contributed by atoms with Gasteiger partial charge in [-0.15, -0.1) is 0 Å². The Morgan fingerprint density at radius 2 is 1.63 bits per heavy atom. The smallest absolute Gasteiger partial charge is 0.255 e. The van der Waals surface area contributed by atoms with E-state index in [1.807, 2.05) is 50.2 Å². The van der Waals surface area contributed by atoms with Crippen LogP contribution in [0.2, 0.25) is 0 Å². The monoisotopic (exact) mass is 359 g/mol. The maximum Gasteiger partial charge on any atom is 0.255 e. The average molecular weight is 359 g/mol. The minimum absolute atomic E-state index is 0.247. The highest BCUT2D eigenvalue weighted by molar-refractivity contribution is 6.06. The van der Waals surface area contributed by atoms with Gasteiger partial charge < -0.3 is 10.6 Å². The van der Waals surface area contributed by atoms with Gasteiger partial charge in [-0.05, 0) is 61.4 Å². The van der Waals surface area contributed by atoms with Gasteiger partial charge in [0, 0.05) is 23.0 Å². The summed E-state index contributed by atoms with van der Waals surface area (Å²) in [4.78, 5) is 29.1. The molecule has 0 aliphatic carbocycles. The number of aromatic nitrogens is 1. The van der Waals surface area contributed by atoms with Crippen molar-refractivity contribution in [3.63, 3.8) is 0 Å². The molecule has 0 atom stereocenters. The van der Waals surface area contributed by atoms with Crippen LogP contribution in [0, 0.1) is 13.8 Å². The van der Waals surface area contributed by atoms with Gasteiger partial charge in [0.1, 0.15) is 0 Å². The fourth-order valence-electron chi connectivity index (χ4n) is 2.66. The average Bonchev–Trinajstić information content (AvgIpc) is 2.70. The van der Waals surface area contributed by atoms with Crippen LogP contribution >= 0.6 is 0 Å². The number of anilines is 1. The Morgan fingerprint density at radius 3 is 2.37 bits per heavy atom. The molecule has 1 aromatic heterocycles. The Labute approximate surface area is 158 Å². The number of aryl methyl sites for hydroxylation is 1. The van der Waals surface area contributed by atoms with E-state index in [1.165, 1.54) is 0 Å². The first-order valence-electron chi connectivity index (χ1n) is 8.70. The largest absolute Gasteiger partial charge is 0.346 e. The van der Waals surface area contributed by atoms with Gasteiger partial charge in [0.15, 0.2) is 0 Å². The van der Waals surface area contributed by atoms with Crippen LogP contribution < -0.4 is 10.6 Å². The number of benzene rings is 2. The number of carbonyl (C=O) groups excluding carboxylic acids is 2. The molecule has 0 aliphatic heterocycles. The molecular weight excluding hydrogens is 338 g/mol. The van der Waals surface area contributed by atoms with Crippen molar-refractivity contribution in [2.24, 2.45) is 0 Å². The van der Waals surface area contributed by atoms with Crippen molar-refractivity contribution >= 4 is 17.5 Å². The van der Waals surface area contributed by atoms with Crippen molar-refractivity contribution in [3.05, 3.63) is 94.8 Å². The van der Waals surface area contributed by atoms with E-state index in [2.05, 4.69) is 15.6 Å². The van der Waals surface area contributed by atoms with Crippen LogP contribution in [0.5, 0.6) is 0 Å². The predicted octanol–water partition coefficient (Wildman–Crippen LogP) is 3.88. The predicted molar refractivity (Wildman–Crippen MR) is 106 cm³/mol. The van der Waals surface area contributed by atoms with Crippen molar-refractivity contribution in [1.82, 2.24) is 10.3 Å². The zero-order chi connectivity index (χ0) is 19.2. The number of hydrogen-bond donors (Lipinski definition) is 2. The SMILES string of the molecule is Cc1cccc(NC(=O)c2cccc(C(=O)NCc3ccccn3)c2)c1C. The van der Waals surface area contributed by atoms with Crippen LogP contribution in [0.4, 0.5) is 5.69 Å². The molecular formula is C22H21N3O2. The summed E-state index contributed by atoms with van der Waals surface area (Å²) in [6.07, 6.45) is 1.68. The first-order valence-corrected chi connectivity index (χ1v) is 8.70. The number of pyridine rings is 1. The zero-order valence-electron chi connectivity index (χ0n) is 15.3. The molecule has 1 heterocycles. The van der Waals surface area contributed by atoms with E-state index in [0.29, 0.717) is 17.7 Å². The number of nitrogens with one attached hydrogen (secondary N) is 2. The van der Waals surface area contributed by atoms with Gasteiger partial charge in [-0.1, -0.05) is 24.3 Å². The van der Waals surface area contributed by atoms with Gasteiger partial charge in [-0.3, -0.25) is 14.6 Å². The highest BCUT2D eigenvalue weighted by Crippen LogP contribution is 2.19. The van der Waals surface area contributed by atoms with E-state index in [9.17, 15) is 9.59 Å². The van der Waals surface area contributed by atoms with Crippen molar-refractivity contribution < 1.29 is 9.59 Å².